The Balaban J connectivity index is 1.48. The maximum Gasteiger partial charge on any atom is 0.237 e. The largest absolute Gasteiger partial charge is 0.487 e. The Labute approximate surface area is 183 Å². The zero-order valence-corrected chi connectivity index (χ0v) is 17.6. The lowest BCUT2D eigenvalue weighted by Crippen LogP contribution is -2.20. The predicted molar refractivity (Wildman–Crippen MR) is 114 cm³/mol. The van der Waals surface area contributed by atoms with Gasteiger partial charge < -0.3 is 14.8 Å². The summed E-state index contributed by atoms with van der Waals surface area (Å²) < 4.78 is 12.8. The van der Waals surface area contributed by atoms with Gasteiger partial charge in [0.15, 0.2) is 0 Å². The molecule has 0 saturated carbocycles. The highest BCUT2D eigenvalue weighted by atomic mass is 35.5. The number of aromatic nitrogens is 7. The van der Waals surface area contributed by atoms with Crippen molar-refractivity contribution in [2.24, 2.45) is 0 Å². The lowest BCUT2D eigenvalue weighted by atomic mass is 10.1. The number of nitrogens with one attached hydrogen (secondary N) is 1. The van der Waals surface area contributed by atoms with Crippen molar-refractivity contribution in [1.82, 2.24) is 35.2 Å². The van der Waals surface area contributed by atoms with Crippen molar-refractivity contribution in [3.63, 3.8) is 0 Å². The van der Waals surface area contributed by atoms with Gasteiger partial charge in [0.2, 0.25) is 11.8 Å². The maximum atomic E-state index is 6.32. The zero-order valence-electron chi connectivity index (χ0n) is 16.8. The molecule has 0 aliphatic heterocycles. The molecule has 1 atom stereocenters. The third-order valence-corrected chi connectivity index (χ3v) is 4.60. The summed E-state index contributed by atoms with van der Waals surface area (Å²) in [5, 5.41) is 14.7. The van der Waals surface area contributed by atoms with Crippen LogP contribution in [0.25, 0.3) is 11.1 Å². The Morgan fingerprint density at radius 2 is 1.97 bits per heavy atom. The molecule has 0 unspecified atom stereocenters. The van der Waals surface area contributed by atoms with Crippen LogP contribution < -0.4 is 14.8 Å². The SMILES string of the molecule is COc1ncccc1Nc1ncc(-c2ccc(Cl)c(O[C@@H](C)Cn3cnnn3)c2)cn1. The average Bonchev–Trinajstić information content (AvgIpc) is 3.29. The second kappa shape index (κ2) is 9.35. The van der Waals surface area contributed by atoms with Crippen LogP contribution in [-0.4, -0.2) is 48.4 Å². The van der Waals surface area contributed by atoms with Crippen molar-refractivity contribution in [3.8, 4) is 22.8 Å². The Morgan fingerprint density at radius 3 is 2.71 bits per heavy atom. The Morgan fingerprint density at radius 1 is 1.13 bits per heavy atom. The van der Waals surface area contributed by atoms with Gasteiger partial charge in [-0.1, -0.05) is 17.7 Å². The zero-order chi connectivity index (χ0) is 21.6. The van der Waals surface area contributed by atoms with Gasteiger partial charge in [-0.25, -0.2) is 19.6 Å². The van der Waals surface area contributed by atoms with E-state index >= 15 is 0 Å². The highest BCUT2D eigenvalue weighted by molar-refractivity contribution is 6.32. The number of tetrazole rings is 1. The van der Waals surface area contributed by atoms with Crippen LogP contribution in [0.1, 0.15) is 6.92 Å². The summed E-state index contributed by atoms with van der Waals surface area (Å²) in [6, 6.07) is 9.16. The summed E-state index contributed by atoms with van der Waals surface area (Å²) in [6.45, 7) is 2.41. The molecule has 1 aromatic carbocycles. The van der Waals surface area contributed by atoms with Crippen molar-refractivity contribution in [2.75, 3.05) is 12.4 Å². The summed E-state index contributed by atoms with van der Waals surface area (Å²) in [5.74, 6) is 1.45. The van der Waals surface area contributed by atoms with Crippen LogP contribution in [0.15, 0.2) is 55.2 Å². The summed E-state index contributed by atoms with van der Waals surface area (Å²) in [5.41, 5.74) is 2.37. The molecule has 31 heavy (non-hydrogen) atoms. The number of methoxy groups -OCH3 is 1. The van der Waals surface area contributed by atoms with Gasteiger partial charge in [0.25, 0.3) is 0 Å². The molecule has 0 saturated heterocycles. The minimum absolute atomic E-state index is 0.187. The maximum absolute atomic E-state index is 6.32. The molecule has 0 aliphatic rings. The minimum Gasteiger partial charge on any atom is -0.487 e. The second-order valence-corrected chi connectivity index (χ2v) is 6.99. The van der Waals surface area contributed by atoms with E-state index in [0.717, 1.165) is 11.1 Å². The fourth-order valence-electron chi connectivity index (χ4n) is 2.87. The molecule has 3 aromatic heterocycles. The van der Waals surface area contributed by atoms with Crippen LogP contribution in [0, 0.1) is 0 Å². The van der Waals surface area contributed by atoms with Crippen molar-refractivity contribution in [1.29, 1.82) is 0 Å². The van der Waals surface area contributed by atoms with Gasteiger partial charge in [-0.15, -0.1) is 5.10 Å². The molecular weight excluding hydrogens is 420 g/mol. The number of hydrogen-bond acceptors (Lipinski definition) is 9. The fourth-order valence-corrected chi connectivity index (χ4v) is 3.03. The van der Waals surface area contributed by atoms with Crippen molar-refractivity contribution in [3.05, 3.63) is 60.3 Å². The Kier molecular flexibility index (Phi) is 6.18. The lowest BCUT2D eigenvalue weighted by Gasteiger charge is -2.16. The first-order valence-electron chi connectivity index (χ1n) is 9.38. The minimum atomic E-state index is -0.187. The van der Waals surface area contributed by atoms with Crippen LogP contribution in [0.2, 0.25) is 5.02 Å². The third-order valence-electron chi connectivity index (χ3n) is 4.29. The van der Waals surface area contributed by atoms with E-state index in [-0.39, 0.29) is 6.10 Å². The van der Waals surface area contributed by atoms with E-state index in [2.05, 4.69) is 35.8 Å². The van der Waals surface area contributed by atoms with Gasteiger partial charge in [-0.05, 0) is 47.2 Å². The van der Waals surface area contributed by atoms with Gasteiger partial charge >= 0.3 is 0 Å². The molecule has 0 radical (unpaired) electrons. The highest BCUT2D eigenvalue weighted by Gasteiger charge is 2.12. The first kappa shape index (κ1) is 20.5. The molecule has 0 amide bonds. The summed E-state index contributed by atoms with van der Waals surface area (Å²) in [6.07, 6.45) is 6.43. The van der Waals surface area contributed by atoms with Crippen LogP contribution in [0.5, 0.6) is 11.6 Å². The van der Waals surface area contributed by atoms with Crippen LogP contribution in [-0.2, 0) is 6.54 Å². The topological polar surface area (TPSA) is 113 Å². The average molecular weight is 439 g/mol. The lowest BCUT2D eigenvalue weighted by molar-refractivity contribution is 0.193. The van der Waals surface area contributed by atoms with Crippen LogP contribution in [0.3, 0.4) is 0 Å². The Hall–Kier alpha value is -3.79. The number of anilines is 2. The van der Waals surface area contributed by atoms with E-state index in [4.69, 9.17) is 21.1 Å². The van der Waals surface area contributed by atoms with Crippen LogP contribution >= 0.6 is 11.6 Å². The standard InChI is InChI=1S/C20H19ClN8O2/c1-13(11-29-12-25-27-28-29)31-18-8-14(5-6-16(18)21)15-9-23-20(24-10-15)26-17-4-3-7-22-19(17)30-2/h3-10,12-13H,11H2,1-2H3,(H,23,24,26)/t13-/m0/s1. The molecule has 1 N–H and O–H groups in total. The molecule has 3 heterocycles. The molecule has 10 nitrogen and oxygen atoms in total. The van der Waals surface area contributed by atoms with Crippen molar-refractivity contribution < 1.29 is 9.47 Å². The molecule has 0 fully saturated rings. The van der Waals surface area contributed by atoms with E-state index < -0.39 is 0 Å². The summed E-state index contributed by atoms with van der Waals surface area (Å²) >= 11 is 6.32. The predicted octanol–water partition coefficient (Wildman–Crippen LogP) is 3.40. The molecule has 158 valence electrons. The van der Waals surface area contributed by atoms with Gasteiger partial charge in [-0.3, -0.25) is 0 Å². The molecule has 0 spiro atoms. The molecule has 11 heteroatoms. The normalized spacial score (nSPS) is 11.7. The van der Waals surface area contributed by atoms with E-state index in [0.29, 0.717) is 34.8 Å². The number of nitrogens with zero attached hydrogens (tertiary/aromatic N) is 7. The fraction of sp³-hybridized carbons (Fsp3) is 0.200. The molecule has 4 rings (SSSR count). The van der Waals surface area contributed by atoms with E-state index in [1.54, 1.807) is 42.5 Å². The molecule has 0 bridgehead atoms. The number of halogens is 1. The van der Waals surface area contributed by atoms with Crippen LogP contribution in [0.4, 0.5) is 11.6 Å². The third kappa shape index (κ3) is 5.04. The van der Waals surface area contributed by atoms with Gasteiger partial charge in [0, 0.05) is 24.2 Å². The molecule has 4 aromatic rings. The number of benzene rings is 1. The number of ether oxygens (including phenoxy) is 2. The monoisotopic (exact) mass is 438 g/mol. The molecule has 0 aliphatic carbocycles. The first-order valence-corrected chi connectivity index (χ1v) is 9.75. The van der Waals surface area contributed by atoms with Gasteiger partial charge in [0.1, 0.15) is 23.9 Å². The van der Waals surface area contributed by atoms with E-state index in [9.17, 15) is 0 Å². The summed E-state index contributed by atoms with van der Waals surface area (Å²) in [4.78, 5) is 12.9. The van der Waals surface area contributed by atoms with Gasteiger partial charge in [0.05, 0.1) is 18.7 Å². The summed E-state index contributed by atoms with van der Waals surface area (Å²) in [7, 11) is 1.56. The van der Waals surface area contributed by atoms with Crippen molar-refractivity contribution >= 4 is 23.2 Å². The molecular formula is C20H19ClN8O2. The number of rotatable bonds is 8. The van der Waals surface area contributed by atoms with E-state index in [1.807, 2.05) is 25.1 Å². The van der Waals surface area contributed by atoms with Crippen molar-refractivity contribution in [2.45, 2.75) is 19.6 Å². The first-order chi connectivity index (χ1) is 15.1. The smallest absolute Gasteiger partial charge is 0.237 e. The van der Waals surface area contributed by atoms with E-state index in [1.165, 1.54) is 6.33 Å². The highest BCUT2D eigenvalue weighted by Crippen LogP contribution is 2.31. The quantitative estimate of drug-likeness (QED) is 0.442. The Bertz CT molecular complexity index is 1140. The number of hydrogen-bond donors (Lipinski definition) is 1. The van der Waals surface area contributed by atoms with Gasteiger partial charge in [-0.2, -0.15) is 0 Å². The number of pyridine rings is 1. The second-order valence-electron chi connectivity index (χ2n) is 6.59.